The van der Waals surface area contributed by atoms with E-state index >= 15 is 0 Å². The molecule has 0 fully saturated rings. The third-order valence-corrected chi connectivity index (χ3v) is 4.78. The number of aromatic nitrogens is 4. The molecule has 7 nitrogen and oxygen atoms in total. The second kappa shape index (κ2) is 9.67. The Balaban J connectivity index is 1.68. The number of anilines is 3. The lowest BCUT2D eigenvalue weighted by atomic mass is 10.2. The van der Waals surface area contributed by atoms with Gasteiger partial charge < -0.3 is 5.32 Å². The van der Waals surface area contributed by atoms with Gasteiger partial charge in [0.05, 0.1) is 21.8 Å². The molecule has 0 aliphatic carbocycles. The Labute approximate surface area is 193 Å². The molecular formula is C22H16Cl2FN7. The molecule has 0 amide bonds. The molecular weight excluding hydrogens is 452 g/mol. The van der Waals surface area contributed by atoms with E-state index < -0.39 is 5.82 Å². The van der Waals surface area contributed by atoms with Gasteiger partial charge in [-0.15, -0.1) is 0 Å². The van der Waals surface area contributed by atoms with Crippen molar-refractivity contribution in [2.24, 2.45) is 5.10 Å². The summed E-state index contributed by atoms with van der Waals surface area (Å²) in [6.45, 7) is 2.00. The van der Waals surface area contributed by atoms with E-state index in [2.05, 4.69) is 35.8 Å². The number of hydrogen-bond acceptors (Lipinski definition) is 7. The molecule has 2 heterocycles. The average Bonchev–Trinajstić information content (AvgIpc) is 2.77. The van der Waals surface area contributed by atoms with E-state index in [9.17, 15) is 4.39 Å². The molecule has 0 spiro atoms. The van der Waals surface area contributed by atoms with E-state index in [0.717, 1.165) is 11.1 Å². The number of halogens is 3. The Hall–Kier alpha value is -3.62. The summed E-state index contributed by atoms with van der Waals surface area (Å²) in [5, 5.41) is 7.76. The van der Waals surface area contributed by atoms with Gasteiger partial charge in [-0.05, 0) is 36.8 Å². The zero-order valence-corrected chi connectivity index (χ0v) is 18.2. The van der Waals surface area contributed by atoms with E-state index in [1.807, 2.05) is 31.2 Å². The van der Waals surface area contributed by atoms with Crippen LogP contribution < -0.4 is 10.7 Å². The van der Waals surface area contributed by atoms with E-state index in [4.69, 9.17) is 23.2 Å². The van der Waals surface area contributed by atoms with Crippen molar-refractivity contribution in [1.82, 2.24) is 19.9 Å². The Kier molecular flexibility index (Phi) is 6.53. The van der Waals surface area contributed by atoms with Gasteiger partial charge in [0.25, 0.3) is 0 Å². The first-order valence-electron chi connectivity index (χ1n) is 9.43. The minimum absolute atomic E-state index is 0.0348. The zero-order valence-electron chi connectivity index (χ0n) is 16.7. The Morgan fingerprint density at radius 3 is 2.44 bits per heavy atom. The molecule has 2 aromatic carbocycles. The topological polar surface area (TPSA) is 88.0 Å². The lowest BCUT2D eigenvalue weighted by Gasteiger charge is -2.10. The Bertz CT molecular complexity index is 1240. The van der Waals surface area contributed by atoms with E-state index in [0.29, 0.717) is 10.8 Å². The largest absolute Gasteiger partial charge is 0.309 e. The Morgan fingerprint density at radius 2 is 1.72 bits per heavy atom. The molecule has 0 aliphatic heterocycles. The molecule has 0 radical (unpaired) electrons. The van der Waals surface area contributed by atoms with Crippen LogP contribution in [0.3, 0.4) is 0 Å². The number of nitrogens with one attached hydrogen (secondary N) is 2. The minimum Gasteiger partial charge on any atom is -0.309 e. The number of benzene rings is 2. The fourth-order valence-electron chi connectivity index (χ4n) is 2.69. The molecule has 32 heavy (non-hydrogen) atoms. The summed E-state index contributed by atoms with van der Waals surface area (Å²) in [5.41, 5.74) is 4.83. The predicted octanol–water partition coefficient (Wildman–Crippen LogP) is 5.88. The summed E-state index contributed by atoms with van der Waals surface area (Å²) in [4.78, 5) is 17.0. The summed E-state index contributed by atoms with van der Waals surface area (Å²) in [6.07, 6.45) is 3.09. The Morgan fingerprint density at radius 1 is 0.938 bits per heavy atom. The summed E-state index contributed by atoms with van der Waals surface area (Å²) < 4.78 is 14.5. The minimum atomic E-state index is -0.562. The van der Waals surface area contributed by atoms with Gasteiger partial charge in [-0.1, -0.05) is 59.1 Å². The van der Waals surface area contributed by atoms with Crippen LogP contribution in [0.15, 0.2) is 65.9 Å². The van der Waals surface area contributed by atoms with Gasteiger partial charge in [-0.3, -0.25) is 0 Å². The van der Waals surface area contributed by atoms with Crippen molar-refractivity contribution < 1.29 is 4.39 Å². The molecule has 0 unspecified atom stereocenters. The molecule has 0 atom stereocenters. The third kappa shape index (κ3) is 5.35. The lowest BCUT2D eigenvalue weighted by Crippen LogP contribution is -2.07. The molecule has 4 aromatic rings. The standard InChI is InChI=1S/C22H16Cl2FN7/c1-13-5-7-14(8-6-13)11-27-32-22-30-20(19-16(24)3-2-4-17(19)25)29-21(31-22)28-18-10-9-15(23)12-26-18/h2-12H,1H3,(H2,26,28,29,30,31,32). The van der Waals surface area contributed by atoms with Gasteiger partial charge >= 0.3 is 0 Å². The first kappa shape index (κ1) is 21.6. The molecule has 0 saturated carbocycles. The van der Waals surface area contributed by atoms with Crippen LogP contribution in [-0.4, -0.2) is 26.2 Å². The number of nitrogens with zero attached hydrogens (tertiary/aromatic N) is 5. The molecule has 0 bridgehead atoms. The molecule has 160 valence electrons. The molecule has 2 N–H and O–H groups in total. The highest BCUT2D eigenvalue weighted by Crippen LogP contribution is 2.29. The van der Waals surface area contributed by atoms with Crippen molar-refractivity contribution in [2.45, 2.75) is 6.92 Å². The van der Waals surface area contributed by atoms with Gasteiger partial charge in [-0.25, -0.2) is 14.8 Å². The van der Waals surface area contributed by atoms with Gasteiger partial charge in [-0.2, -0.15) is 20.1 Å². The average molecular weight is 468 g/mol. The molecule has 0 saturated heterocycles. The lowest BCUT2D eigenvalue weighted by molar-refractivity contribution is 0.630. The maximum absolute atomic E-state index is 14.5. The SMILES string of the molecule is Cc1ccc(C=NNc2nc(Nc3ccc(Cl)cn3)nc(-c3c(F)cccc3Cl)n2)cc1. The second-order valence-electron chi connectivity index (χ2n) is 6.67. The fraction of sp³-hybridized carbons (Fsp3) is 0.0455. The number of hydrogen-bond donors (Lipinski definition) is 2. The highest BCUT2D eigenvalue weighted by Gasteiger charge is 2.16. The van der Waals surface area contributed by atoms with Gasteiger partial charge in [0.2, 0.25) is 11.9 Å². The highest BCUT2D eigenvalue weighted by atomic mass is 35.5. The number of aryl methyl sites for hydroxylation is 1. The van der Waals surface area contributed by atoms with Crippen molar-refractivity contribution in [2.75, 3.05) is 10.7 Å². The van der Waals surface area contributed by atoms with Crippen LogP contribution in [0.4, 0.5) is 22.1 Å². The third-order valence-electron chi connectivity index (χ3n) is 4.24. The summed E-state index contributed by atoms with van der Waals surface area (Å²) in [7, 11) is 0. The maximum atomic E-state index is 14.5. The van der Waals surface area contributed by atoms with Crippen LogP contribution in [0.2, 0.25) is 10.0 Å². The molecule has 4 rings (SSSR count). The van der Waals surface area contributed by atoms with Crippen molar-refractivity contribution in [3.8, 4) is 11.4 Å². The first-order chi connectivity index (χ1) is 15.5. The molecule has 2 aromatic heterocycles. The van der Waals surface area contributed by atoms with Crippen LogP contribution in [0.25, 0.3) is 11.4 Å². The van der Waals surface area contributed by atoms with Gasteiger partial charge in [0.15, 0.2) is 5.82 Å². The number of rotatable bonds is 6. The summed E-state index contributed by atoms with van der Waals surface area (Å²) in [6, 6.07) is 15.5. The monoisotopic (exact) mass is 467 g/mol. The number of hydrazone groups is 1. The van der Waals surface area contributed by atoms with E-state index in [1.165, 1.54) is 18.3 Å². The highest BCUT2D eigenvalue weighted by molar-refractivity contribution is 6.33. The van der Waals surface area contributed by atoms with Crippen LogP contribution in [0.5, 0.6) is 0 Å². The summed E-state index contributed by atoms with van der Waals surface area (Å²) >= 11 is 12.1. The first-order valence-corrected chi connectivity index (χ1v) is 10.2. The second-order valence-corrected chi connectivity index (χ2v) is 7.51. The van der Waals surface area contributed by atoms with Crippen molar-refractivity contribution >= 4 is 47.1 Å². The quantitative estimate of drug-likeness (QED) is 0.272. The van der Waals surface area contributed by atoms with E-state index in [-0.39, 0.29) is 28.3 Å². The summed E-state index contributed by atoms with van der Waals surface area (Å²) in [5.74, 6) is 0.132. The van der Waals surface area contributed by atoms with Crippen LogP contribution in [0.1, 0.15) is 11.1 Å². The van der Waals surface area contributed by atoms with Crippen LogP contribution >= 0.6 is 23.2 Å². The van der Waals surface area contributed by atoms with Gasteiger partial charge in [0.1, 0.15) is 11.6 Å². The zero-order chi connectivity index (χ0) is 22.5. The predicted molar refractivity (Wildman–Crippen MR) is 125 cm³/mol. The van der Waals surface area contributed by atoms with Crippen molar-refractivity contribution in [1.29, 1.82) is 0 Å². The van der Waals surface area contributed by atoms with Crippen molar-refractivity contribution in [3.05, 3.63) is 87.8 Å². The molecule has 0 aliphatic rings. The normalized spacial score (nSPS) is 11.0. The fourth-order valence-corrected chi connectivity index (χ4v) is 3.05. The van der Waals surface area contributed by atoms with Crippen molar-refractivity contribution in [3.63, 3.8) is 0 Å². The van der Waals surface area contributed by atoms with Crippen LogP contribution in [-0.2, 0) is 0 Å². The van der Waals surface area contributed by atoms with Crippen LogP contribution in [0, 0.1) is 12.7 Å². The van der Waals surface area contributed by atoms with Gasteiger partial charge in [0, 0.05) is 6.20 Å². The smallest absolute Gasteiger partial charge is 0.248 e. The maximum Gasteiger partial charge on any atom is 0.248 e. The number of pyridine rings is 1. The molecule has 10 heteroatoms. The van der Waals surface area contributed by atoms with E-state index in [1.54, 1.807) is 24.4 Å².